The number of hydrogen-bond acceptors (Lipinski definition) is 3. The van der Waals surface area contributed by atoms with Crippen LogP contribution in [0.2, 0.25) is 0 Å². The molecule has 2 N–H and O–H groups in total. The summed E-state index contributed by atoms with van der Waals surface area (Å²) in [5.41, 5.74) is 0.836. The van der Waals surface area contributed by atoms with Crippen LogP contribution in [0.4, 0.5) is 4.79 Å². The summed E-state index contributed by atoms with van der Waals surface area (Å²) in [6, 6.07) is 1.24. The molecule has 1 rings (SSSR count). The van der Waals surface area contributed by atoms with Crippen molar-refractivity contribution < 1.29 is 19.1 Å². The Balaban J connectivity index is 2.55. The van der Waals surface area contributed by atoms with Crippen molar-refractivity contribution >= 4 is 12.0 Å². The van der Waals surface area contributed by atoms with Crippen LogP contribution in [-0.4, -0.2) is 34.6 Å². The molecule has 0 saturated carbocycles. The van der Waals surface area contributed by atoms with Crippen molar-refractivity contribution in [1.82, 2.24) is 10.2 Å². The third-order valence-electron chi connectivity index (χ3n) is 2.71. The summed E-state index contributed by atoms with van der Waals surface area (Å²) in [6.45, 7) is 3.75. The molecular weight excluding hydrogens is 236 g/mol. The van der Waals surface area contributed by atoms with Gasteiger partial charge >= 0.3 is 12.0 Å². The fourth-order valence-electron chi connectivity index (χ4n) is 1.47. The van der Waals surface area contributed by atoms with E-state index in [1.165, 1.54) is 17.4 Å². The Morgan fingerprint density at radius 1 is 1.56 bits per heavy atom. The first kappa shape index (κ1) is 14.1. The van der Waals surface area contributed by atoms with Gasteiger partial charge in [-0.05, 0) is 19.4 Å². The van der Waals surface area contributed by atoms with Crippen molar-refractivity contribution in [3.05, 3.63) is 24.2 Å². The van der Waals surface area contributed by atoms with E-state index in [4.69, 9.17) is 9.52 Å². The first-order valence-electron chi connectivity index (χ1n) is 5.82. The van der Waals surface area contributed by atoms with Crippen LogP contribution in [0, 0.1) is 0 Å². The van der Waals surface area contributed by atoms with Crippen molar-refractivity contribution in [3.63, 3.8) is 0 Å². The topological polar surface area (TPSA) is 82.8 Å². The number of furan rings is 1. The van der Waals surface area contributed by atoms with E-state index < -0.39 is 5.97 Å². The van der Waals surface area contributed by atoms with Gasteiger partial charge in [-0.3, -0.25) is 4.79 Å². The SMILES string of the molecule is CCC(C)N(CC(=O)O)C(=O)NCc1ccoc1. The number of carbonyl (C=O) groups is 2. The number of carboxylic acid groups (broad SMARTS) is 1. The molecule has 0 aliphatic heterocycles. The molecule has 0 aliphatic rings. The average molecular weight is 254 g/mol. The Morgan fingerprint density at radius 2 is 2.28 bits per heavy atom. The minimum absolute atomic E-state index is 0.120. The largest absolute Gasteiger partial charge is 0.480 e. The second-order valence-corrected chi connectivity index (χ2v) is 4.07. The Morgan fingerprint density at radius 3 is 2.78 bits per heavy atom. The lowest BCUT2D eigenvalue weighted by atomic mass is 10.2. The smallest absolute Gasteiger partial charge is 0.323 e. The summed E-state index contributed by atoms with van der Waals surface area (Å²) < 4.78 is 4.88. The Bertz CT molecular complexity index is 389. The fraction of sp³-hybridized carbons (Fsp3) is 0.500. The zero-order chi connectivity index (χ0) is 13.5. The second-order valence-electron chi connectivity index (χ2n) is 4.07. The Kier molecular flexibility index (Phi) is 5.23. The van der Waals surface area contributed by atoms with E-state index in [2.05, 4.69) is 5.32 Å². The predicted molar refractivity (Wildman–Crippen MR) is 65.0 cm³/mol. The quantitative estimate of drug-likeness (QED) is 0.809. The lowest BCUT2D eigenvalue weighted by molar-refractivity contribution is -0.138. The molecule has 0 aromatic carbocycles. The van der Waals surface area contributed by atoms with Crippen molar-refractivity contribution in [2.45, 2.75) is 32.9 Å². The van der Waals surface area contributed by atoms with Gasteiger partial charge in [-0.15, -0.1) is 0 Å². The van der Waals surface area contributed by atoms with Gasteiger partial charge in [0.05, 0.1) is 12.5 Å². The highest BCUT2D eigenvalue weighted by molar-refractivity contribution is 5.80. The zero-order valence-electron chi connectivity index (χ0n) is 10.5. The molecule has 1 unspecified atom stereocenters. The van der Waals surface area contributed by atoms with E-state index in [1.54, 1.807) is 6.07 Å². The number of carbonyl (C=O) groups excluding carboxylic acids is 1. The standard InChI is InChI=1S/C12H18N2O4/c1-3-9(2)14(7-11(15)16)12(17)13-6-10-4-5-18-8-10/h4-5,8-9H,3,6-7H2,1-2H3,(H,13,17)(H,15,16). The van der Waals surface area contributed by atoms with E-state index in [0.717, 1.165) is 5.56 Å². The molecule has 0 radical (unpaired) electrons. The molecule has 1 heterocycles. The lowest BCUT2D eigenvalue weighted by Gasteiger charge is -2.26. The van der Waals surface area contributed by atoms with Gasteiger partial charge in [0.2, 0.25) is 0 Å². The summed E-state index contributed by atoms with van der Waals surface area (Å²) in [4.78, 5) is 23.9. The lowest BCUT2D eigenvalue weighted by Crippen LogP contribution is -2.47. The number of carboxylic acids is 1. The van der Waals surface area contributed by atoms with Gasteiger partial charge in [0.1, 0.15) is 6.54 Å². The number of amides is 2. The molecule has 6 heteroatoms. The maximum Gasteiger partial charge on any atom is 0.323 e. The number of hydrogen-bond donors (Lipinski definition) is 2. The van der Waals surface area contributed by atoms with Crippen LogP contribution in [0.25, 0.3) is 0 Å². The van der Waals surface area contributed by atoms with Crippen LogP contribution < -0.4 is 5.32 Å². The molecule has 6 nitrogen and oxygen atoms in total. The summed E-state index contributed by atoms with van der Waals surface area (Å²) in [5.74, 6) is -1.02. The van der Waals surface area contributed by atoms with Gasteiger partial charge in [-0.25, -0.2) is 4.79 Å². The summed E-state index contributed by atoms with van der Waals surface area (Å²) in [7, 11) is 0. The number of nitrogens with zero attached hydrogens (tertiary/aromatic N) is 1. The van der Waals surface area contributed by atoms with E-state index >= 15 is 0 Å². The maximum absolute atomic E-state index is 11.9. The van der Waals surface area contributed by atoms with Gasteiger partial charge in [-0.2, -0.15) is 0 Å². The highest BCUT2D eigenvalue weighted by atomic mass is 16.4. The van der Waals surface area contributed by atoms with Gasteiger partial charge in [0.25, 0.3) is 0 Å². The molecule has 2 amide bonds. The normalized spacial score (nSPS) is 11.9. The molecular formula is C12H18N2O4. The first-order chi connectivity index (χ1) is 8.54. The Hall–Kier alpha value is -1.98. The number of rotatable bonds is 6. The molecule has 100 valence electrons. The van der Waals surface area contributed by atoms with Crippen LogP contribution in [0.3, 0.4) is 0 Å². The molecule has 1 atom stereocenters. The first-order valence-corrected chi connectivity index (χ1v) is 5.82. The predicted octanol–water partition coefficient (Wildman–Crippen LogP) is 1.67. The van der Waals surface area contributed by atoms with E-state index in [-0.39, 0.29) is 18.6 Å². The van der Waals surface area contributed by atoms with Crippen LogP contribution in [0.15, 0.2) is 23.0 Å². The molecule has 1 aromatic heterocycles. The highest BCUT2D eigenvalue weighted by Crippen LogP contribution is 2.05. The molecule has 1 aromatic rings. The third-order valence-corrected chi connectivity index (χ3v) is 2.71. The van der Waals surface area contributed by atoms with Crippen molar-refractivity contribution in [3.8, 4) is 0 Å². The van der Waals surface area contributed by atoms with E-state index in [9.17, 15) is 9.59 Å². The second kappa shape index (κ2) is 6.68. The van der Waals surface area contributed by atoms with Crippen LogP contribution in [0.1, 0.15) is 25.8 Å². The minimum atomic E-state index is -1.02. The van der Waals surface area contributed by atoms with Gasteiger partial charge in [0.15, 0.2) is 0 Å². The van der Waals surface area contributed by atoms with Gasteiger partial charge < -0.3 is 19.7 Å². The molecule has 18 heavy (non-hydrogen) atoms. The fourth-order valence-corrected chi connectivity index (χ4v) is 1.47. The van der Waals surface area contributed by atoms with Crippen molar-refractivity contribution in [1.29, 1.82) is 0 Å². The monoisotopic (exact) mass is 254 g/mol. The third kappa shape index (κ3) is 4.12. The molecule has 0 aliphatic carbocycles. The van der Waals surface area contributed by atoms with Gasteiger partial charge in [-0.1, -0.05) is 6.92 Å². The highest BCUT2D eigenvalue weighted by Gasteiger charge is 2.21. The Labute approximate surface area is 106 Å². The van der Waals surface area contributed by atoms with Crippen LogP contribution >= 0.6 is 0 Å². The number of nitrogens with one attached hydrogen (secondary N) is 1. The van der Waals surface area contributed by atoms with E-state index in [1.807, 2.05) is 13.8 Å². The average Bonchev–Trinajstić information content (AvgIpc) is 2.85. The zero-order valence-corrected chi connectivity index (χ0v) is 10.5. The summed E-state index contributed by atoms with van der Waals surface area (Å²) in [5, 5.41) is 11.5. The van der Waals surface area contributed by atoms with E-state index in [0.29, 0.717) is 13.0 Å². The number of aliphatic carboxylic acids is 1. The number of urea groups is 1. The summed E-state index contributed by atoms with van der Waals surface area (Å²) in [6.07, 6.45) is 3.75. The van der Waals surface area contributed by atoms with Crippen molar-refractivity contribution in [2.24, 2.45) is 0 Å². The molecule has 0 bridgehead atoms. The molecule has 0 spiro atoms. The van der Waals surface area contributed by atoms with Crippen LogP contribution in [0.5, 0.6) is 0 Å². The molecule has 0 saturated heterocycles. The van der Waals surface area contributed by atoms with Crippen LogP contribution in [-0.2, 0) is 11.3 Å². The van der Waals surface area contributed by atoms with Crippen molar-refractivity contribution in [2.75, 3.05) is 6.54 Å². The molecule has 0 fully saturated rings. The maximum atomic E-state index is 11.9. The summed E-state index contributed by atoms with van der Waals surface area (Å²) >= 11 is 0. The van der Waals surface area contributed by atoms with Gasteiger partial charge in [0, 0.05) is 18.2 Å². The minimum Gasteiger partial charge on any atom is -0.480 e.